The molecule has 1 aliphatic carbocycles. The molecule has 1 aliphatic heterocycles. The van der Waals surface area contributed by atoms with Crippen LogP contribution in [0.25, 0.3) is 0 Å². The average Bonchev–Trinajstić information content (AvgIpc) is 2.26. The smallest absolute Gasteiger partial charge is 0.309 e. The second-order valence-electron chi connectivity index (χ2n) is 4.12. The summed E-state index contributed by atoms with van der Waals surface area (Å²) in [5.74, 6) is -0.618. The fourth-order valence-electron chi connectivity index (χ4n) is 2.65. The normalized spacial score (nSPS) is 36.5. The minimum atomic E-state index is -0.233. The average molecular weight is 221 g/mol. The number of carbonyl (C=O) groups is 2. The molecule has 0 aromatic heterocycles. The molecule has 4 nitrogen and oxygen atoms in total. The second-order valence-corrected chi connectivity index (χ2v) is 4.12. The van der Waals surface area contributed by atoms with E-state index in [9.17, 15) is 9.59 Å². The van der Waals surface area contributed by atoms with Crippen molar-refractivity contribution in [3.8, 4) is 0 Å². The first-order valence-corrected chi connectivity index (χ1v) is 5.38. The Hall–Kier alpha value is -1.58. The van der Waals surface area contributed by atoms with E-state index in [4.69, 9.17) is 4.74 Å². The van der Waals surface area contributed by atoms with Crippen LogP contribution < -0.4 is 5.32 Å². The van der Waals surface area contributed by atoms with Crippen molar-refractivity contribution in [2.75, 3.05) is 7.11 Å². The zero-order valence-electron chi connectivity index (χ0n) is 9.34. The topological polar surface area (TPSA) is 55.4 Å². The van der Waals surface area contributed by atoms with Gasteiger partial charge in [-0.25, -0.2) is 0 Å². The van der Waals surface area contributed by atoms with Crippen LogP contribution in [0.2, 0.25) is 0 Å². The Labute approximate surface area is 94.3 Å². The van der Waals surface area contributed by atoms with Gasteiger partial charge in [0.15, 0.2) is 0 Å². The van der Waals surface area contributed by atoms with Gasteiger partial charge in [-0.1, -0.05) is 18.2 Å². The molecule has 0 saturated heterocycles. The highest BCUT2D eigenvalue weighted by Gasteiger charge is 2.56. The number of esters is 1. The Morgan fingerprint density at radius 3 is 2.94 bits per heavy atom. The molecule has 0 aromatic carbocycles. The van der Waals surface area contributed by atoms with Crippen LogP contribution in [0.3, 0.4) is 0 Å². The fraction of sp³-hybridized carbons (Fsp3) is 0.500. The number of methoxy groups -OCH3 is 1. The standard InChI is InChI=1S/C12H15NO3/c1-3-4-7-9-8(5-6-13-11(9)14)10(7)12(15)16-2/h3-10H,1-2H3,(H,13,14)/b4-3+/t7-,8-,9-,10+/m0/s1. The number of nitrogens with one attached hydrogen (secondary N) is 1. The van der Waals surface area contributed by atoms with Crippen LogP contribution in [0.4, 0.5) is 0 Å². The van der Waals surface area contributed by atoms with Gasteiger partial charge in [0, 0.05) is 18.0 Å². The van der Waals surface area contributed by atoms with Gasteiger partial charge in [-0.3, -0.25) is 9.59 Å². The number of ether oxygens (including phenoxy) is 1. The maximum absolute atomic E-state index is 11.6. The first-order valence-electron chi connectivity index (χ1n) is 5.38. The quantitative estimate of drug-likeness (QED) is 0.555. The predicted molar refractivity (Wildman–Crippen MR) is 58.1 cm³/mol. The van der Waals surface area contributed by atoms with Gasteiger partial charge in [-0.05, 0) is 6.92 Å². The van der Waals surface area contributed by atoms with Gasteiger partial charge in [0.2, 0.25) is 5.91 Å². The van der Waals surface area contributed by atoms with Gasteiger partial charge in [0.05, 0.1) is 18.9 Å². The van der Waals surface area contributed by atoms with E-state index >= 15 is 0 Å². The van der Waals surface area contributed by atoms with E-state index < -0.39 is 0 Å². The molecular formula is C12H15NO3. The lowest BCUT2D eigenvalue weighted by atomic mass is 9.55. The summed E-state index contributed by atoms with van der Waals surface area (Å²) in [6.07, 6.45) is 7.29. The third-order valence-corrected chi connectivity index (χ3v) is 3.39. The third kappa shape index (κ3) is 1.45. The van der Waals surface area contributed by atoms with Crippen LogP contribution in [-0.4, -0.2) is 19.0 Å². The highest BCUT2D eigenvalue weighted by Crippen LogP contribution is 2.49. The van der Waals surface area contributed by atoms with Crippen molar-refractivity contribution in [3.05, 3.63) is 24.4 Å². The summed E-state index contributed by atoms with van der Waals surface area (Å²) in [6.45, 7) is 1.89. The van der Waals surface area contributed by atoms with Crippen molar-refractivity contribution in [2.45, 2.75) is 6.92 Å². The van der Waals surface area contributed by atoms with E-state index in [0.717, 1.165) is 0 Å². The Morgan fingerprint density at radius 1 is 1.56 bits per heavy atom. The summed E-state index contributed by atoms with van der Waals surface area (Å²) in [7, 11) is 1.38. The maximum Gasteiger partial charge on any atom is 0.309 e. The molecule has 0 bridgehead atoms. The van der Waals surface area contributed by atoms with Crippen LogP contribution in [0.1, 0.15) is 6.92 Å². The summed E-state index contributed by atoms with van der Waals surface area (Å²) in [4.78, 5) is 23.3. The van der Waals surface area contributed by atoms with Crippen LogP contribution in [0.15, 0.2) is 24.4 Å². The van der Waals surface area contributed by atoms with Crippen molar-refractivity contribution in [1.29, 1.82) is 0 Å². The lowest BCUT2D eigenvalue weighted by molar-refractivity contribution is -0.161. The molecule has 86 valence electrons. The molecule has 0 unspecified atom stereocenters. The largest absolute Gasteiger partial charge is 0.469 e. The maximum atomic E-state index is 11.6. The fourth-order valence-corrected chi connectivity index (χ4v) is 2.65. The molecule has 1 saturated carbocycles. The Morgan fingerprint density at radius 2 is 2.31 bits per heavy atom. The number of carbonyl (C=O) groups excluding carboxylic acids is 2. The van der Waals surface area contributed by atoms with Crippen molar-refractivity contribution in [1.82, 2.24) is 5.32 Å². The van der Waals surface area contributed by atoms with Gasteiger partial charge < -0.3 is 10.1 Å². The van der Waals surface area contributed by atoms with Gasteiger partial charge in [-0.15, -0.1) is 0 Å². The molecular weight excluding hydrogens is 206 g/mol. The highest BCUT2D eigenvalue weighted by molar-refractivity contribution is 5.87. The Balaban J connectivity index is 2.25. The molecule has 4 heteroatoms. The van der Waals surface area contributed by atoms with Crippen molar-refractivity contribution < 1.29 is 14.3 Å². The van der Waals surface area contributed by atoms with Crippen LogP contribution in [-0.2, 0) is 14.3 Å². The monoisotopic (exact) mass is 221 g/mol. The summed E-state index contributed by atoms with van der Waals surface area (Å²) in [6, 6.07) is 0. The van der Waals surface area contributed by atoms with E-state index in [2.05, 4.69) is 5.32 Å². The second kappa shape index (κ2) is 4.12. The summed E-state index contributed by atoms with van der Waals surface area (Å²) < 4.78 is 4.78. The molecule has 1 heterocycles. The van der Waals surface area contributed by atoms with Gasteiger partial charge in [-0.2, -0.15) is 0 Å². The van der Waals surface area contributed by atoms with Crippen LogP contribution >= 0.6 is 0 Å². The van der Waals surface area contributed by atoms with Crippen molar-refractivity contribution in [2.24, 2.45) is 23.7 Å². The number of amides is 1. The summed E-state index contributed by atoms with van der Waals surface area (Å²) in [5.41, 5.74) is 0. The first-order chi connectivity index (χ1) is 7.70. The van der Waals surface area contributed by atoms with Gasteiger partial charge >= 0.3 is 5.97 Å². The summed E-state index contributed by atoms with van der Waals surface area (Å²) in [5, 5.41) is 2.67. The number of allylic oxidation sites excluding steroid dienone is 3. The third-order valence-electron chi connectivity index (χ3n) is 3.39. The van der Waals surface area contributed by atoms with Crippen LogP contribution in [0, 0.1) is 23.7 Å². The minimum absolute atomic E-state index is 0.00393. The molecule has 2 rings (SSSR count). The van der Waals surface area contributed by atoms with E-state index in [1.165, 1.54) is 7.11 Å². The molecule has 0 aromatic rings. The zero-order chi connectivity index (χ0) is 11.7. The van der Waals surface area contributed by atoms with Crippen molar-refractivity contribution >= 4 is 11.9 Å². The minimum Gasteiger partial charge on any atom is -0.469 e. The lowest BCUT2D eigenvalue weighted by Gasteiger charge is -2.48. The number of hydrogen-bond acceptors (Lipinski definition) is 3. The van der Waals surface area contributed by atoms with E-state index in [-0.39, 0.29) is 35.5 Å². The SMILES string of the molecule is C/C=C/[C@H]1[C@@H]2C(=O)NC=C[C@@H]2[C@@H]1C(=O)OC. The first kappa shape index (κ1) is 10.9. The van der Waals surface area contributed by atoms with E-state index in [0.29, 0.717) is 0 Å². The lowest BCUT2D eigenvalue weighted by Crippen LogP contribution is -2.57. The van der Waals surface area contributed by atoms with E-state index in [1.807, 2.05) is 25.2 Å². The molecule has 1 N–H and O–H groups in total. The molecule has 16 heavy (non-hydrogen) atoms. The Bertz CT molecular complexity index is 372. The van der Waals surface area contributed by atoms with Crippen molar-refractivity contribution in [3.63, 3.8) is 0 Å². The van der Waals surface area contributed by atoms with Gasteiger partial charge in [0.25, 0.3) is 0 Å². The van der Waals surface area contributed by atoms with E-state index in [1.54, 1.807) is 6.20 Å². The van der Waals surface area contributed by atoms with Crippen LogP contribution in [0.5, 0.6) is 0 Å². The molecule has 0 radical (unpaired) electrons. The molecule has 4 atom stereocenters. The molecule has 2 aliphatic rings. The molecule has 1 fully saturated rings. The summed E-state index contributed by atoms with van der Waals surface area (Å²) >= 11 is 0. The zero-order valence-corrected chi connectivity index (χ0v) is 9.34. The molecule has 0 spiro atoms. The molecule has 1 amide bonds. The highest BCUT2D eigenvalue weighted by atomic mass is 16.5. The number of fused-ring (bicyclic) bond motifs is 1. The predicted octanol–water partition coefficient (Wildman–Crippen LogP) is 0.857. The van der Waals surface area contributed by atoms with Gasteiger partial charge in [0.1, 0.15) is 0 Å². The Kier molecular flexibility index (Phi) is 2.81. The number of rotatable bonds is 2. The number of hydrogen-bond donors (Lipinski definition) is 1.